The summed E-state index contributed by atoms with van der Waals surface area (Å²) in [4.78, 5) is 14.8. The van der Waals surface area contributed by atoms with Crippen molar-refractivity contribution in [3.63, 3.8) is 0 Å². The van der Waals surface area contributed by atoms with Gasteiger partial charge in [-0.05, 0) is 48.5 Å². The first-order valence-electron chi connectivity index (χ1n) is 10.9. The summed E-state index contributed by atoms with van der Waals surface area (Å²) < 4.78 is 67.1. The Kier molecular flexibility index (Phi) is 11.6. The second-order valence-corrected chi connectivity index (χ2v) is 10.9. The van der Waals surface area contributed by atoms with Crippen LogP contribution >= 0.6 is 0 Å². The first-order valence-corrected chi connectivity index (χ1v) is 13.7. The number of nitrogens with zero attached hydrogens (tertiary/aromatic N) is 3. The van der Waals surface area contributed by atoms with Crippen LogP contribution in [0, 0.1) is 0 Å². The first-order chi connectivity index (χ1) is 18.3. The molecule has 0 saturated heterocycles. The monoisotopic (exact) mass is 613 g/mol. The molecule has 4 aromatic rings. The third-order valence-electron chi connectivity index (χ3n) is 5.38. The van der Waals surface area contributed by atoms with Gasteiger partial charge >= 0.3 is 59.1 Å². The summed E-state index contributed by atoms with van der Waals surface area (Å²) in [5.41, 5.74) is -0.983. The zero-order valence-corrected chi connectivity index (χ0v) is 27.5. The standard InChI is InChI=1S/C25H19N3O9S2.2Na/c1-14(29)26-20-13-17(38(32,33)34)11-16-12-21(39(35,36)37)23(25(31)22(16)20)28-27-19-10-6-5-9-18(19)24(30)15-7-3-2-4-8-15;;/h2-13,31H,1H3,(H,26,29)(H,32,33,34)(H,35,36,37);;/q;2*+1/p-2. The molecular formula is C25H17N3Na2O9S2. The molecule has 0 amide bonds. The van der Waals surface area contributed by atoms with Gasteiger partial charge in [-0.15, -0.1) is 10.2 Å². The molecular weight excluding hydrogens is 596 g/mol. The van der Waals surface area contributed by atoms with Gasteiger partial charge in [0, 0.05) is 10.9 Å². The van der Waals surface area contributed by atoms with Crippen molar-refractivity contribution in [1.29, 1.82) is 0 Å². The smallest absolute Gasteiger partial charge is 0.870 e. The Morgan fingerprint density at radius 1 is 0.805 bits per heavy atom. The van der Waals surface area contributed by atoms with Crippen molar-refractivity contribution in [3.05, 3.63) is 83.9 Å². The molecule has 0 aliphatic rings. The van der Waals surface area contributed by atoms with E-state index in [1.165, 1.54) is 18.2 Å². The van der Waals surface area contributed by atoms with Gasteiger partial charge in [0.2, 0.25) is 0 Å². The zero-order valence-electron chi connectivity index (χ0n) is 21.8. The molecule has 0 atom stereocenters. The maximum atomic E-state index is 13.4. The summed E-state index contributed by atoms with van der Waals surface area (Å²) >= 11 is 0. The summed E-state index contributed by atoms with van der Waals surface area (Å²) in [6.07, 6.45) is 0. The fourth-order valence-electron chi connectivity index (χ4n) is 3.72. The van der Waals surface area contributed by atoms with E-state index in [1.54, 1.807) is 36.4 Å². The normalized spacial score (nSPS) is 12.1. The van der Waals surface area contributed by atoms with Gasteiger partial charge in [-0.1, -0.05) is 48.2 Å². The van der Waals surface area contributed by atoms with Gasteiger partial charge < -0.3 is 10.2 Å². The van der Waals surface area contributed by atoms with E-state index >= 15 is 0 Å². The average Bonchev–Trinajstić information content (AvgIpc) is 2.86. The Hall–Kier alpha value is -2.50. The van der Waals surface area contributed by atoms with E-state index in [4.69, 9.17) is 0 Å². The molecule has 4 rings (SSSR count). The fraction of sp³-hybridized carbons (Fsp3) is 0.0400. The molecule has 0 radical (unpaired) electrons. The number of ketones is 1. The number of hydrogen-bond donors (Lipinski definition) is 2. The van der Waals surface area contributed by atoms with Gasteiger partial charge in [-0.3, -0.25) is 18.9 Å². The molecule has 0 aliphatic heterocycles. The van der Waals surface area contributed by atoms with Crippen LogP contribution in [0.5, 0.6) is 5.75 Å². The number of benzene rings is 4. The second-order valence-electron chi connectivity index (χ2n) is 8.09. The van der Waals surface area contributed by atoms with Crippen LogP contribution in [0.3, 0.4) is 0 Å². The second kappa shape index (κ2) is 13.6. The molecule has 0 fully saturated rings. The van der Waals surface area contributed by atoms with Crippen molar-refractivity contribution in [2.24, 2.45) is 15.2 Å². The number of fused-ring (bicyclic) bond motifs is 1. The minimum Gasteiger partial charge on any atom is -0.870 e. The van der Waals surface area contributed by atoms with Crippen LogP contribution in [0.25, 0.3) is 10.8 Å². The predicted octanol–water partition coefficient (Wildman–Crippen LogP) is -2.53. The molecule has 0 aliphatic carbocycles. The largest absolute Gasteiger partial charge is 1.00 e. The van der Waals surface area contributed by atoms with Crippen molar-refractivity contribution < 1.29 is 100 Å². The Bertz CT molecular complexity index is 1910. The van der Waals surface area contributed by atoms with Crippen LogP contribution in [-0.2, 0) is 20.2 Å². The predicted molar refractivity (Wildman–Crippen MR) is 136 cm³/mol. The molecule has 0 unspecified atom stereocenters. The maximum absolute atomic E-state index is 13.4. The van der Waals surface area contributed by atoms with Crippen LogP contribution in [0.4, 0.5) is 17.1 Å². The Morgan fingerprint density at radius 3 is 2.00 bits per heavy atom. The van der Waals surface area contributed by atoms with E-state index in [-0.39, 0.29) is 75.8 Å². The molecule has 41 heavy (non-hydrogen) atoms. The van der Waals surface area contributed by atoms with E-state index in [0.717, 1.165) is 25.1 Å². The first kappa shape index (κ1) is 34.7. The van der Waals surface area contributed by atoms with Crippen molar-refractivity contribution in [2.45, 2.75) is 16.7 Å². The molecule has 4 aromatic carbocycles. The quantitative estimate of drug-likeness (QED) is 0.0562. The molecule has 200 valence electrons. The summed E-state index contributed by atoms with van der Waals surface area (Å²) in [5.74, 6) is -2.43. The molecule has 2 N–H and O–H groups in total. The SMILES string of the molecule is CC([O-])=Nc1cc(S(=O)(=O)O)cc2cc(S(=O)(=O)O)c(N=Nc3ccccc3C(=O)c3ccccc3)c([O-])c12.[Na+].[Na+]. The summed E-state index contributed by atoms with van der Waals surface area (Å²) in [5, 5.41) is 32.0. The topological polar surface area (TPSA) is 209 Å². The molecule has 0 heterocycles. The number of hydrogen-bond acceptors (Lipinski definition) is 10. The Labute approximate surface area is 278 Å². The molecule has 0 spiro atoms. The summed E-state index contributed by atoms with van der Waals surface area (Å²) in [7, 11) is -10.0. The van der Waals surface area contributed by atoms with Crippen LogP contribution in [0.15, 0.2) is 97.8 Å². The molecule has 0 saturated carbocycles. The Balaban J connectivity index is 0.00000294. The number of rotatable bonds is 7. The zero-order chi connectivity index (χ0) is 28.5. The van der Waals surface area contributed by atoms with Gasteiger partial charge in [0.05, 0.1) is 27.5 Å². The van der Waals surface area contributed by atoms with Crippen molar-refractivity contribution in [3.8, 4) is 5.75 Å². The summed E-state index contributed by atoms with van der Waals surface area (Å²) in [6, 6.07) is 16.4. The minimum atomic E-state index is -5.14. The van der Waals surface area contributed by atoms with E-state index in [0.29, 0.717) is 5.56 Å². The van der Waals surface area contributed by atoms with E-state index in [1.807, 2.05) is 0 Å². The number of aliphatic imine (C=N–C) groups is 1. The van der Waals surface area contributed by atoms with Gasteiger partial charge in [0.15, 0.2) is 5.78 Å². The van der Waals surface area contributed by atoms with E-state index in [9.17, 15) is 40.9 Å². The average molecular weight is 614 g/mol. The van der Waals surface area contributed by atoms with Gasteiger partial charge in [-0.2, -0.15) is 16.8 Å². The van der Waals surface area contributed by atoms with Crippen molar-refractivity contribution >= 4 is 59.8 Å². The molecule has 12 nitrogen and oxygen atoms in total. The van der Waals surface area contributed by atoms with Crippen molar-refractivity contribution in [1.82, 2.24) is 0 Å². The third kappa shape index (κ3) is 7.87. The number of carbonyl (C=O) groups is 1. The van der Waals surface area contributed by atoms with Crippen molar-refractivity contribution in [2.75, 3.05) is 0 Å². The van der Waals surface area contributed by atoms with E-state index in [2.05, 4.69) is 15.2 Å². The number of carbonyl (C=O) groups excluding carboxylic acids is 1. The molecule has 0 bridgehead atoms. The maximum Gasteiger partial charge on any atom is 1.00 e. The van der Waals surface area contributed by atoms with Gasteiger partial charge in [0.1, 0.15) is 4.90 Å². The van der Waals surface area contributed by atoms with Crippen LogP contribution in [0.2, 0.25) is 0 Å². The fourth-order valence-corrected chi connectivity index (χ4v) is 4.91. The summed E-state index contributed by atoms with van der Waals surface area (Å²) in [6.45, 7) is 1.02. The van der Waals surface area contributed by atoms with Gasteiger partial charge in [-0.25, -0.2) is 0 Å². The van der Waals surface area contributed by atoms with Gasteiger partial charge in [0.25, 0.3) is 20.2 Å². The Morgan fingerprint density at radius 2 is 1.41 bits per heavy atom. The van der Waals surface area contributed by atoms with Crippen LogP contribution in [0.1, 0.15) is 22.8 Å². The molecule has 16 heteroatoms. The van der Waals surface area contributed by atoms with Crippen LogP contribution in [-0.4, -0.2) is 37.6 Å². The third-order valence-corrected chi connectivity index (χ3v) is 7.08. The molecule has 0 aromatic heterocycles. The number of azo groups is 1. The van der Waals surface area contributed by atoms with Crippen LogP contribution < -0.4 is 69.3 Å². The van der Waals surface area contributed by atoms with E-state index < -0.39 is 64.2 Å². The minimum absolute atomic E-state index is 0.